The molecule has 2 aliphatic rings. The Hall–Kier alpha value is -5.19. The molecule has 1 nitrogen and oxygen atoms in total. The van der Waals surface area contributed by atoms with Gasteiger partial charge in [0.05, 0.1) is 18.4 Å². The van der Waals surface area contributed by atoms with Gasteiger partial charge in [0.1, 0.15) is 0 Å². The molecule has 1 heteroatoms. The van der Waals surface area contributed by atoms with E-state index in [2.05, 4.69) is 182 Å². The topological polar surface area (TPSA) is 23.8 Å². The Bertz CT molecular complexity index is 3510. The van der Waals surface area contributed by atoms with Gasteiger partial charge in [0.2, 0.25) is 0 Å². The van der Waals surface area contributed by atoms with Gasteiger partial charge in [0, 0.05) is 10.9 Å². The van der Waals surface area contributed by atoms with Crippen molar-refractivity contribution in [3.63, 3.8) is 0 Å². The Morgan fingerprint density at radius 1 is 0.409 bits per heavy atom. The summed E-state index contributed by atoms with van der Waals surface area (Å²) in [6.07, 6.45) is 10.8. The van der Waals surface area contributed by atoms with E-state index in [1.54, 1.807) is 18.2 Å². The van der Waals surface area contributed by atoms with Gasteiger partial charge in [-0.1, -0.05) is 371 Å². The third kappa shape index (κ3) is 35.9. The lowest BCUT2D eigenvalue weighted by atomic mass is 9.61. The number of nitriles is 1. The minimum atomic E-state index is -1.13. The molecule has 6 aromatic rings. The summed E-state index contributed by atoms with van der Waals surface area (Å²) in [7, 11) is 0. The average molecular weight is 1280 g/mol. The average Bonchev–Trinajstić information content (AvgIpc) is 0.862. The molecule has 8 rings (SSSR count). The lowest BCUT2D eigenvalue weighted by Gasteiger charge is -2.45. The molecule has 0 bridgehead atoms. The van der Waals surface area contributed by atoms with Crippen LogP contribution in [0.4, 0.5) is 0 Å². The molecule has 2 saturated carbocycles. The molecule has 518 valence electrons. The highest BCUT2D eigenvalue weighted by Crippen LogP contribution is 2.51. The number of hydrogen-bond acceptors (Lipinski definition) is 1. The van der Waals surface area contributed by atoms with Crippen LogP contribution in [0.3, 0.4) is 0 Å². The van der Waals surface area contributed by atoms with Crippen LogP contribution in [0.2, 0.25) is 0 Å². The molecule has 93 heavy (non-hydrogen) atoms. The summed E-state index contributed by atoms with van der Waals surface area (Å²) in [4.78, 5) is 0. The van der Waals surface area contributed by atoms with Crippen molar-refractivity contribution in [2.24, 2.45) is 55.2 Å². The Balaban J connectivity index is 0.000000659. The highest BCUT2D eigenvalue weighted by atomic mass is 14.4. The SMILES string of the molecule is CC(C)(C)C#N.CC(C)(C)C1(C)CCCC1.CC(C)(C)C1(C)CCCCC1.CC(C)(C)c1cc(-c2ccccc2)cc(-c2ccccc2)c1.CC(C)C.[2H]C([2H])(C(C)(C)C)C(C)(C)C.[2H]C([2H])(C(C)C)C(C)(C)C.[2H]c1c([2H])c([2H])c(-c2cc(-c3c([2H])c([2H])c(C)c([2H])c3[2H])cc(C(C)(C)C)c2)c([2H])c1[2H]. The highest BCUT2D eigenvalue weighted by molar-refractivity contribution is 5.76. The highest BCUT2D eigenvalue weighted by Gasteiger charge is 2.39. The first-order chi connectivity index (χ1) is 47.6. The van der Waals surface area contributed by atoms with E-state index in [9.17, 15) is 0 Å². The van der Waals surface area contributed by atoms with Gasteiger partial charge in [0.25, 0.3) is 0 Å². The van der Waals surface area contributed by atoms with Gasteiger partial charge in [-0.2, -0.15) is 5.26 Å². The molecule has 0 unspecified atom stereocenters. The first-order valence-corrected chi connectivity index (χ1v) is 35.1. The Kier molecular flexibility index (Phi) is 26.2. The van der Waals surface area contributed by atoms with Crippen LogP contribution < -0.4 is 0 Å². The first-order valence-electron chi connectivity index (χ1n) is 41.6. The van der Waals surface area contributed by atoms with Crippen molar-refractivity contribution in [2.75, 3.05) is 0 Å². The molecule has 0 amide bonds. The Labute approximate surface area is 597 Å². The molecular weight excluding hydrogens is 1120 g/mol. The van der Waals surface area contributed by atoms with Crippen LogP contribution in [0.25, 0.3) is 44.5 Å². The molecule has 0 atom stereocenters. The van der Waals surface area contributed by atoms with E-state index in [0.29, 0.717) is 32.8 Å². The summed E-state index contributed by atoms with van der Waals surface area (Å²) in [5, 5.41) is 8.15. The summed E-state index contributed by atoms with van der Waals surface area (Å²) >= 11 is 0. The van der Waals surface area contributed by atoms with Crippen LogP contribution in [0.5, 0.6) is 0 Å². The van der Waals surface area contributed by atoms with Crippen LogP contribution in [0, 0.1) is 73.4 Å². The predicted molar refractivity (Wildman–Crippen MR) is 421 cm³/mol. The fourth-order valence-electron chi connectivity index (χ4n) is 10.9. The predicted octanol–water partition coefficient (Wildman–Crippen LogP) is 30.3. The van der Waals surface area contributed by atoms with Gasteiger partial charge < -0.3 is 0 Å². The van der Waals surface area contributed by atoms with E-state index in [4.69, 9.17) is 23.1 Å². The molecule has 2 fully saturated rings. The zero-order valence-corrected chi connectivity index (χ0v) is 65.7. The molecule has 2 aliphatic carbocycles. The van der Waals surface area contributed by atoms with Crippen LogP contribution in [0.15, 0.2) is 151 Å². The minimum Gasteiger partial charge on any atom is -0.198 e. The maximum absolute atomic E-state index is 8.44. The lowest BCUT2D eigenvalue weighted by Crippen LogP contribution is -2.34. The van der Waals surface area contributed by atoms with Crippen molar-refractivity contribution < 1.29 is 17.8 Å². The molecule has 0 N–H and O–H groups in total. The number of hydrogen-bond donors (Lipinski definition) is 0. The minimum absolute atomic E-state index is 0.0331. The van der Waals surface area contributed by atoms with Crippen LogP contribution in [-0.4, -0.2) is 0 Å². The van der Waals surface area contributed by atoms with Gasteiger partial charge in [-0.3, -0.25) is 0 Å². The molecule has 0 aliphatic heterocycles. The number of rotatable bonds is 5. The van der Waals surface area contributed by atoms with Gasteiger partial charge in [-0.25, -0.2) is 0 Å². The maximum atomic E-state index is 8.44. The van der Waals surface area contributed by atoms with E-state index in [1.165, 1.54) is 92.5 Å². The van der Waals surface area contributed by atoms with Crippen molar-refractivity contribution in [2.45, 2.75) is 303 Å². The quantitative estimate of drug-likeness (QED) is 0.169. The normalized spacial score (nSPS) is 17.0. The van der Waals surface area contributed by atoms with E-state index in [1.807, 2.05) is 118 Å². The van der Waals surface area contributed by atoms with Crippen LogP contribution in [-0.2, 0) is 10.8 Å². The van der Waals surface area contributed by atoms with E-state index in [-0.39, 0.29) is 91.4 Å². The third-order valence-corrected chi connectivity index (χ3v) is 16.7. The Morgan fingerprint density at radius 2 is 0.699 bits per heavy atom. The summed E-state index contributed by atoms with van der Waals surface area (Å²) in [5.41, 5.74) is 9.45. The van der Waals surface area contributed by atoms with Crippen molar-refractivity contribution in [1.82, 2.24) is 0 Å². The fraction of sp³-hybridized carbons (Fsp3) is 0.598. The van der Waals surface area contributed by atoms with Gasteiger partial charge in [-0.05, 0) is 194 Å². The van der Waals surface area contributed by atoms with E-state index < -0.39 is 30.9 Å². The second-order valence-electron chi connectivity index (χ2n) is 36.0. The number of benzene rings is 6. The smallest absolute Gasteiger partial charge is 0.0680 e. The number of nitrogens with zero attached hydrogens (tertiary/aromatic N) is 1. The molecular formula is C92H145N. The zero-order chi connectivity index (χ0) is 83.1. The summed E-state index contributed by atoms with van der Waals surface area (Å²) in [5.74, 6) is 0.924. The van der Waals surface area contributed by atoms with Gasteiger partial charge in [-0.15, -0.1) is 0 Å². The monoisotopic (exact) mass is 1280 g/mol. The first kappa shape index (κ1) is 65.1. The van der Waals surface area contributed by atoms with Crippen molar-refractivity contribution in [1.29, 1.82) is 5.26 Å². The molecule has 0 radical (unpaired) electrons. The van der Waals surface area contributed by atoms with Gasteiger partial charge >= 0.3 is 0 Å². The molecule has 0 aromatic heterocycles. The molecule has 0 spiro atoms. The Morgan fingerprint density at radius 3 is 0.925 bits per heavy atom. The zero-order valence-electron chi connectivity index (χ0n) is 78.7. The largest absolute Gasteiger partial charge is 0.198 e. The van der Waals surface area contributed by atoms with Crippen LogP contribution >= 0.6 is 0 Å². The standard InChI is InChI=1S/C23H24.C22H22.C11H22.C10H20.C9H20.C8H18.C5H9N.C4H10/c1-17-10-12-19(13-11-17)21-14-20(18-8-6-5-7-9-18)15-22(16-21)23(2,3)4;1-22(2,3)21-15-19(17-10-6-4-7-11-17)14-20(16-21)18-12-8-5-9-13-18;1-10(2,3)11(4)8-6-5-7-9-11;1-9(2,3)10(4)7-5-6-8-10;1-8(2,3)7-9(4,5)6;1-7(2)6-8(3,4)5;1-5(2,3)4-6;1-4(2)3/h5-16H,1-4H3;4-16H,1-3H3;5-9H2,1-4H3;5-8H2,1-4H3;7H2,1-6H3;7H,6H2,1-5H3;1-3H3;4H,1-3H3/i5D,6D,7D,8D,9D,10D,11D,12D,13D;;;;7D2;6D2;;. The lowest BCUT2D eigenvalue weighted by molar-refractivity contribution is 0.0601. The van der Waals surface area contributed by atoms with Crippen molar-refractivity contribution >= 4 is 0 Å². The molecule has 0 heterocycles. The van der Waals surface area contributed by atoms with Crippen molar-refractivity contribution in [3.05, 3.63) is 168 Å². The van der Waals surface area contributed by atoms with E-state index >= 15 is 0 Å². The maximum Gasteiger partial charge on any atom is 0.0680 e. The van der Waals surface area contributed by atoms with Crippen LogP contribution in [0.1, 0.15) is 320 Å². The third-order valence-electron chi connectivity index (χ3n) is 16.7. The fourth-order valence-corrected chi connectivity index (χ4v) is 10.9. The second-order valence-corrected chi connectivity index (χ2v) is 36.0. The summed E-state index contributed by atoms with van der Waals surface area (Å²) in [6, 6.07) is 32.7. The molecule has 0 saturated heterocycles. The van der Waals surface area contributed by atoms with Crippen molar-refractivity contribution in [3.8, 4) is 50.6 Å². The van der Waals surface area contributed by atoms with Gasteiger partial charge in [0.15, 0.2) is 0 Å². The second kappa shape index (κ2) is 37.4. The molecule has 6 aromatic carbocycles. The summed E-state index contributed by atoms with van der Waals surface area (Å²) in [6.45, 7) is 66.9. The summed E-state index contributed by atoms with van der Waals surface area (Å²) < 4.78 is 105. The van der Waals surface area contributed by atoms with E-state index in [0.717, 1.165) is 11.5 Å².